The van der Waals surface area contributed by atoms with Gasteiger partial charge in [-0.1, -0.05) is 34.1 Å². The zero-order chi connectivity index (χ0) is 17.4. The molecule has 0 spiro atoms. The van der Waals surface area contributed by atoms with Gasteiger partial charge in [-0.2, -0.15) is 12.6 Å². The first kappa shape index (κ1) is 20.7. The number of amides is 2. The van der Waals surface area contributed by atoms with E-state index in [-0.39, 0.29) is 17.6 Å². The number of aliphatic carboxylic acids is 1. The molecule has 0 aromatic rings. The number of carboxylic acids is 1. The standard InChI is InChI=1S/C14H27N3O4S/c1-5-8(4)11(14(20)21)17-13(19)10(7(2)3)16-12(18)9(15)6-22/h7-11,22H,5-6,15H2,1-4H3,(H,16,18)(H,17,19)(H,20,21)/t8-,9-,10-,11-/m0/s1. The van der Waals surface area contributed by atoms with Gasteiger partial charge in [0.15, 0.2) is 0 Å². The number of carboxylic acid groups (broad SMARTS) is 1. The molecule has 0 saturated carbocycles. The van der Waals surface area contributed by atoms with Crippen molar-refractivity contribution < 1.29 is 19.5 Å². The zero-order valence-electron chi connectivity index (χ0n) is 13.5. The molecule has 0 aliphatic heterocycles. The largest absolute Gasteiger partial charge is 0.480 e. The van der Waals surface area contributed by atoms with E-state index in [2.05, 4.69) is 23.3 Å². The second-order valence-corrected chi connectivity index (χ2v) is 6.09. The molecule has 0 rings (SSSR count). The number of nitrogens with one attached hydrogen (secondary N) is 2. The Kier molecular flexibility index (Phi) is 9.12. The number of hydrogen-bond donors (Lipinski definition) is 5. The van der Waals surface area contributed by atoms with E-state index in [1.165, 1.54) is 0 Å². The van der Waals surface area contributed by atoms with Crippen LogP contribution in [0, 0.1) is 11.8 Å². The van der Waals surface area contributed by atoms with Crippen LogP contribution >= 0.6 is 12.6 Å². The monoisotopic (exact) mass is 333 g/mol. The van der Waals surface area contributed by atoms with Crippen LogP contribution in [0.15, 0.2) is 0 Å². The molecule has 0 aromatic carbocycles. The molecule has 0 aromatic heterocycles. The van der Waals surface area contributed by atoms with E-state index in [1.54, 1.807) is 20.8 Å². The zero-order valence-corrected chi connectivity index (χ0v) is 14.4. The van der Waals surface area contributed by atoms with Gasteiger partial charge in [0.25, 0.3) is 0 Å². The Bertz CT molecular complexity index is 404. The van der Waals surface area contributed by atoms with E-state index in [0.29, 0.717) is 6.42 Å². The molecule has 5 N–H and O–H groups in total. The van der Waals surface area contributed by atoms with Crippen LogP contribution < -0.4 is 16.4 Å². The number of carbonyl (C=O) groups excluding carboxylic acids is 2. The van der Waals surface area contributed by atoms with Gasteiger partial charge in [-0.05, 0) is 11.8 Å². The van der Waals surface area contributed by atoms with Gasteiger partial charge in [-0.15, -0.1) is 0 Å². The van der Waals surface area contributed by atoms with Gasteiger partial charge in [0.2, 0.25) is 11.8 Å². The van der Waals surface area contributed by atoms with E-state index in [4.69, 9.17) is 5.73 Å². The van der Waals surface area contributed by atoms with Crippen LogP contribution in [0.3, 0.4) is 0 Å². The summed E-state index contributed by atoms with van der Waals surface area (Å²) in [6.07, 6.45) is 0.612. The number of nitrogens with two attached hydrogens (primary N) is 1. The van der Waals surface area contributed by atoms with Crippen LogP contribution in [-0.4, -0.2) is 46.8 Å². The van der Waals surface area contributed by atoms with Crippen LogP contribution in [0.1, 0.15) is 34.1 Å². The summed E-state index contributed by atoms with van der Waals surface area (Å²) in [5.41, 5.74) is 5.57. The van der Waals surface area contributed by atoms with Crippen molar-refractivity contribution >= 4 is 30.4 Å². The molecule has 8 heteroatoms. The maximum absolute atomic E-state index is 12.3. The van der Waals surface area contributed by atoms with E-state index in [1.807, 2.05) is 6.92 Å². The molecule has 7 nitrogen and oxygen atoms in total. The first-order valence-electron chi connectivity index (χ1n) is 7.35. The van der Waals surface area contributed by atoms with E-state index in [0.717, 1.165) is 0 Å². The Hall–Kier alpha value is -1.28. The van der Waals surface area contributed by atoms with E-state index >= 15 is 0 Å². The molecular weight excluding hydrogens is 306 g/mol. The SMILES string of the molecule is CC[C@H](C)[C@H](NC(=O)[C@@H](NC(=O)[C@@H](N)CS)C(C)C)C(=O)O. The lowest BCUT2D eigenvalue weighted by atomic mass is 9.97. The highest BCUT2D eigenvalue weighted by Gasteiger charge is 2.31. The summed E-state index contributed by atoms with van der Waals surface area (Å²) in [4.78, 5) is 35.4. The molecule has 0 radical (unpaired) electrons. The number of carbonyl (C=O) groups is 3. The summed E-state index contributed by atoms with van der Waals surface area (Å²) in [7, 11) is 0. The fraction of sp³-hybridized carbons (Fsp3) is 0.786. The third-order valence-electron chi connectivity index (χ3n) is 3.56. The lowest BCUT2D eigenvalue weighted by Gasteiger charge is -2.27. The maximum atomic E-state index is 12.3. The van der Waals surface area contributed by atoms with Crippen molar-refractivity contribution in [2.24, 2.45) is 17.6 Å². The number of thiol groups is 1. The summed E-state index contributed by atoms with van der Waals surface area (Å²) < 4.78 is 0. The van der Waals surface area contributed by atoms with Crippen LogP contribution in [0.4, 0.5) is 0 Å². The molecule has 0 aliphatic carbocycles. The minimum atomic E-state index is -1.09. The first-order valence-corrected chi connectivity index (χ1v) is 7.98. The molecule has 0 unspecified atom stereocenters. The van der Waals surface area contributed by atoms with Gasteiger partial charge < -0.3 is 21.5 Å². The van der Waals surface area contributed by atoms with Gasteiger partial charge in [0, 0.05) is 5.75 Å². The summed E-state index contributed by atoms with van der Waals surface area (Å²) in [6.45, 7) is 7.12. The molecule has 22 heavy (non-hydrogen) atoms. The lowest BCUT2D eigenvalue weighted by Crippen LogP contribution is -2.57. The summed E-state index contributed by atoms with van der Waals surface area (Å²) in [6, 6.07) is -2.65. The fourth-order valence-electron chi connectivity index (χ4n) is 1.80. The van der Waals surface area contributed by atoms with Gasteiger partial charge in [0.05, 0.1) is 6.04 Å². The van der Waals surface area contributed by atoms with Crippen LogP contribution in [0.5, 0.6) is 0 Å². The van der Waals surface area contributed by atoms with Crippen LogP contribution in [0.2, 0.25) is 0 Å². The topological polar surface area (TPSA) is 122 Å². The van der Waals surface area contributed by atoms with Crippen molar-refractivity contribution in [2.45, 2.75) is 52.2 Å². The molecule has 0 saturated heterocycles. The lowest BCUT2D eigenvalue weighted by molar-refractivity contribution is -0.144. The highest BCUT2D eigenvalue weighted by molar-refractivity contribution is 7.80. The van der Waals surface area contributed by atoms with Gasteiger partial charge in [0.1, 0.15) is 12.1 Å². The van der Waals surface area contributed by atoms with Crippen molar-refractivity contribution in [1.82, 2.24) is 10.6 Å². The van der Waals surface area contributed by atoms with Crippen LogP contribution in [-0.2, 0) is 14.4 Å². The molecule has 0 fully saturated rings. The maximum Gasteiger partial charge on any atom is 0.326 e. The highest BCUT2D eigenvalue weighted by atomic mass is 32.1. The molecule has 128 valence electrons. The molecule has 0 aliphatic rings. The summed E-state index contributed by atoms with van der Waals surface area (Å²) >= 11 is 3.94. The highest BCUT2D eigenvalue weighted by Crippen LogP contribution is 2.10. The van der Waals surface area contributed by atoms with Gasteiger partial charge in [-0.25, -0.2) is 4.79 Å². The minimum Gasteiger partial charge on any atom is -0.480 e. The molecular formula is C14H27N3O4S. The third kappa shape index (κ3) is 6.23. The predicted octanol–water partition coefficient (Wildman–Crippen LogP) is -0.000200. The van der Waals surface area contributed by atoms with Crippen molar-refractivity contribution in [3.05, 3.63) is 0 Å². The third-order valence-corrected chi connectivity index (χ3v) is 3.95. The smallest absolute Gasteiger partial charge is 0.326 e. The van der Waals surface area contributed by atoms with Crippen molar-refractivity contribution in [3.8, 4) is 0 Å². The number of rotatable bonds is 9. The normalized spacial score (nSPS) is 16.5. The summed E-state index contributed by atoms with van der Waals surface area (Å²) in [5.74, 6) is -2.37. The number of hydrogen-bond acceptors (Lipinski definition) is 5. The quantitative estimate of drug-likeness (QED) is 0.380. The first-order chi connectivity index (χ1) is 10.1. The van der Waals surface area contributed by atoms with Crippen LogP contribution in [0.25, 0.3) is 0 Å². The molecule has 0 bridgehead atoms. The van der Waals surface area contributed by atoms with Crippen molar-refractivity contribution in [1.29, 1.82) is 0 Å². The predicted molar refractivity (Wildman–Crippen MR) is 87.6 cm³/mol. The average molecular weight is 333 g/mol. The molecule has 2 amide bonds. The molecule has 0 heterocycles. The minimum absolute atomic E-state index is 0.156. The Morgan fingerprint density at radius 3 is 1.95 bits per heavy atom. The Labute approximate surface area is 136 Å². The molecule has 4 atom stereocenters. The van der Waals surface area contributed by atoms with Crippen molar-refractivity contribution in [3.63, 3.8) is 0 Å². The average Bonchev–Trinajstić information content (AvgIpc) is 2.47. The second-order valence-electron chi connectivity index (χ2n) is 5.73. The Balaban J connectivity index is 4.99. The van der Waals surface area contributed by atoms with Gasteiger partial charge in [-0.3, -0.25) is 9.59 Å². The van der Waals surface area contributed by atoms with E-state index in [9.17, 15) is 19.5 Å². The summed E-state index contributed by atoms with van der Waals surface area (Å²) in [5, 5.41) is 14.3. The second kappa shape index (κ2) is 9.68. The fourth-order valence-corrected chi connectivity index (χ4v) is 1.97. The van der Waals surface area contributed by atoms with Crippen molar-refractivity contribution in [2.75, 3.05) is 5.75 Å². The van der Waals surface area contributed by atoms with E-state index < -0.39 is 35.9 Å². The Morgan fingerprint density at radius 2 is 1.59 bits per heavy atom. The Morgan fingerprint density at radius 1 is 1.09 bits per heavy atom. The van der Waals surface area contributed by atoms with Gasteiger partial charge >= 0.3 is 5.97 Å².